The van der Waals surface area contributed by atoms with E-state index in [1.165, 1.54) is 16.8 Å². The maximum atomic E-state index is 14.4. The molecule has 30 heavy (non-hydrogen) atoms. The van der Waals surface area contributed by atoms with Crippen molar-refractivity contribution in [1.29, 1.82) is 0 Å². The summed E-state index contributed by atoms with van der Waals surface area (Å²) in [7, 11) is 0. The second-order valence-corrected chi connectivity index (χ2v) is 9.25. The lowest BCUT2D eigenvalue weighted by Gasteiger charge is -2.35. The molecule has 160 valence electrons. The van der Waals surface area contributed by atoms with Gasteiger partial charge in [-0.25, -0.2) is 13.5 Å². The highest BCUT2D eigenvalue weighted by Crippen LogP contribution is 2.57. The van der Waals surface area contributed by atoms with E-state index in [1.807, 2.05) is 13.8 Å². The minimum absolute atomic E-state index is 0.181. The molecule has 2 fully saturated rings. The van der Waals surface area contributed by atoms with Crippen LogP contribution in [-0.2, 0) is 11.2 Å². The summed E-state index contributed by atoms with van der Waals surface area (Å²) < 4.78 is 34.7. The topological polar surface area (TPSA) is 59.4 Å². The van der Waals surface area contributed by atoms with E-state index >= 15 is 0 Å². The van der Waals surface area contributed by atoms with E-state index < -0.39 is 17.2 Å². The van der Waals surface area contributed by atoms with E-state index in [1.54, 1.807) is 0 Å². The number of fused-ring (bicyclic) bond motifs is 3. The Labute approximate surface area is 174 Å². The Morgan fingerprint density at radius 1 is 1.30 bits per heavy atom. The molecule has 1 aromatic heterocycles. The second-order valence-electron chi connectivity index (χ2n) is 9.25. The first-order valence-electron chi connectivity index (χ1n) is 10.5. The summed E-state index contributed by atoms with van der Waals surface area (Å²) in [5, 5.41) is 7.64. The van der Waals surface area contributed by atoms with E-state index in [0.29, 0.717) is 37.3 Å². The zero-order chi connectivity index (χ0) is 21.0. The molecular weight excluding hydrogens is 390 g/mol. The summed E-state index contributed by atoms with van der Waals surface area (Å²) in [4.78, 5) is 15.5. The highest BCUT2D eigenvalue weighted by molar-refractivity contribution is 5.95. The Bertz CT molecular complexity index is 997. The van der Waals surface area contributed by atoms with Crippen LogP contribution in [0.1, 0.15) is 47.9 Å². The van der Waals surface area contributed by atoms with Crippen molar-refractivity contribution in [1.82, 2.24) is 20.0 Å². The summed E-state index contributed by atoms with van der Waals surface area (Å²) >= 11 is 0. The standard InChI is InChI=1S/C22H26F2N4O2/c1-22(2,12-27-5-7-30-8-6-27)25-21(29)20-19-15-9-13(15)10-18(19)28(26-20)17-4-3-14(23)11-16(17)24/h3-4,11,13,15H,5-10,12H2,1-2H3,(H,25,29). The number of nitrogens with one attached hydrogen (secondary N) is 1. The number of hydrogen-bond donors (Lipinski definition) is 1. The number of halogens is 2. The minimum atomic E-state index is -0.680. The van der Waals surface area contributed by atoms with Crippen molar-refractivity contribution >= 4 is 5.91 Å². The Morgan fingerprint density at radius 2 is 2.07 bits per heavy atom. The number of carbonyl (C=O) groups excluding carboxylic acids is 1. The van der Waals surface area contributed by atoms with Gasteiger partial charge in [-0.3, -0.25) is 9.69 Å². The normalized spacial score (nSPS) is 23.2. The lowest BCUT2D eigenvalue weighted by atomic mass is 10.0. The molecule has 2 heterocycles. The largest absolute Gasteiger partial charge is 0.379 e. The van der Waals surface area contributed by atoms with Gasteiger partial charge in [-0.15, -0.1) is 0 Å². The van der Waals surface area contributed by atoms with Gasteiger partial charge in [-0.05, 0) is 50.7 Å². The third kappa shape index (κ3) is 3.52. The van der Waals surface area contributed by atoms with Crippen LogP contribution in [0.25, 0.3) is 5.69 Å². The number of morpholine rings is 1. The average molecular weight is 416 g/mol. The molecule has 3 aliphatic rings. The van der Waals surface area contributed by atoms with Crippen LogP contribution in [0.2, 0.25) is 0 Å². The van der Waals surface area contributed by atoms with E-state index in [4.69, 9.17) is 4.74 Å². The average Bonchev–Trinajstić information content (AvgIpc) is 3.18. The number of benzene rings is 1. The second kappa shape index (κ2) is 7.13. The molecule has 0 radical (unpaired) electrons. The molecule has 1 aromatic carbocycles. The molecule has 2 unspecified atom stereocenters. The molecule has 2 atom stereocenters. The van der Waals surface area contributed by atoms with Gasteiger partial charge in [0.05, 0.1) is 13.2 Å². The highest BCUT2D eigenvalue weighted by Gasteiger charge is 2.50. The van der Waals surface area contributed by atoms with Gasteiger partial charge in [0.1, 0.15) is 11.5 Å². The molecule has 8 heteroatoms. The summed E-state index contributed by atoms with van der Waals surface area (Å²) in [5.41, 5.74) is 1.91. The molecule has 0 bridgehead atoms. The van der Waals surface area contributed by atoms with Gasteiger partial charge in [-0.2, -0.15) is 5.10 Å². The molecule has 5 rings (SSSR count). The van der Waals surface area contributed by atoms with Crippen molar-refractivity contribution in [2.45, 2.75) is 38.1 Å². The molecular formula is C22H26F2N4O2. The van der Waals surface area contributed by atoms with Crippen molar-refractivity contribution in [3.05, 3.63) is 46.8 Å². The van der Waals surface area contributed by atoms with Crippen LogP contribution < -0.4 is 5.32 Å². The minimum Gasteiger partial charge on any atom is -0.379 e. The quantitative estimate of drug-likeness (QED) is 0.814. The molecule has 6 nitrogen and oxygen atoms in total. The summed E-state index contributed by atoms with van der Waals surface area (Å²) in [5.74, 6) is -0.731. The van der Waals surface area contributed by atoms with Gasteiger partial charge in [0.2, 0.25) is 0 Å². The lowest BCUT2D eigenvalue weighted by molar-refractivity contribution is 0.0268. The van der Waals surface area contributed by atoms with E-state index in [2.05, 4.69) is 15.3 Å². The van der Waals surface area contributed by atoms with Gasteiger partial charge in [0, 0.05) is 42.5 Å². The fourth-order valence-electron chi connectivity index (χ4n) is 4.87. The molecule has 1 amide bonds. The van der Waals surface area contributed by atoms with Crippen LogP contribution in [0.3, 0.4) is 0 Å². The first-order valence-corrected chi connectivity index (χ1v) is 10.5. The van der Waals surface area contributed by atoms with Crippen molar-refractivity contribution in [3.8, 4) is 5.69 Å². The molecule has 2 aliphatic carbocycles. The first kappa shape index (κ1) is 19.6. The third-order valence-electron chi connectivity index (χ3n) is 6.30. The van der Waals surface area contributed by atoms with Crippen molar-refractivity contribution in [3.63, 3.8) is 0 Å². The van der Waals surface area contributed by atoms with Crippen LogP contribution in [0.4, 0.5) is 8.78 Å². The van der Waals surface area contributed by atoms with Crippen LogP contribution in [0, 0.1) is 17.6 Å². The van der Waals surface area contributed by atoms with Gasteiger partial charge >= 0.3 is 0 Å². The van der Waals surface area contributed by atoms with Crippen LogP contribution >= 0.6 is 0 Å². The molecule has 1 saturated carbocycles. The Balaban J connectivity index is 1.42. The lowest BCUT2D eigenvalue weighted by Crippen LogP contribution is -2.53. The Hall–Kier alpha value is -2.32. The third-order valence-corrected chi connectivity index (χ3v) is 6.30. The van der Waals surface area contributed by atoms with Crippen LogP contribution in [0.5, 0.6) is 0 Å². The number of rotatable bonds is 5. The zero-order valence-electron chi connectivity index (χ0n) is 17.3. The number of nitrogens with zero attached hydrogens (tertiary/aromatic N) is 3. The number of amides is 1. The molecule has 2 aromatic rings. The van der Waals surface area contributed by atoms with Gasteiger partial charge in [0.15, 0.2) is 11.5 Å². The van der Waals surface area contributed by atoms with E-state index in [-0.39, 0.29) is 11.6 Å². The smallest absolute Gasteiger partial charge is 0.272 e. The summed E-state index contributed by atoms with van der Waals surface area (Å²) in [6, 6.07) is 3.45. The highest BCUT2D eigenvalue weighted by atomic mass is 19.1. The zero-order valence-corrected chi connectivity index (χ0v) is 17.3. The maximum Gasteiger partial charge on any atom is 0.272 e. The number of aromatic nitrogens is 2. The van der Waals surface area contributed by atoms with Gasteiger partial charge in [0.25, 0.3) is 5.91 Å². The SMILES string of the molecule is CC(C)(CN1CCOCC1)NC(=O)c1nn(-c2ccc(F)cc2F)c2c1C1CC1C2. The van der Waals surface area contributed by atoms with Crippen molar-refractivity contribution in [2.24, 2.45) is 5.92 Å². The predicted molar refractivity (Wildman–Crippen MR) is 107 cm³/mol. The number of hydrogen-bond acceptors (Lipinski definition) is 4. The Kier molecular flexibility index (Phi) is 4.67. The van der Waals surface area contributed by atoms with Gasteiger partial charge in [-0.1, -0.05) is 0 Å². The van der Waals surface area contributed by atoms with Crippen LogP contribution in [0.15, 0.2) is 18.2 Å². The van der Waals surface area contributed by atoms with E-state index in [0.717, 1.165) is 43.3 Å². The molecule has 1 saturated heterocycles. The van der Waals surface area contributed by atoms with Gasteiger partial charge < -0.3 is 10.1 Å². The maximum absolute atomic E-state index is 14.4. The summed E-state index contributed by atoms with van der Waals surface area (Å²) in [6.07, 6.45) is 1.82. The molecule has 0 spiro atoms. The number of ether oxygens (including phenoxy) is 1. The first-order chi connectivity index (χ1) is 14.3. The summed E-state index contributed by atoms with van der Waals surface area (Å²) in [6.45, 7) is 7.80. The molecule has 1 N–H and O–H groups in total. The van der Waals surface area contributed by atoms with E-state index in [9.17, 15) is 13.6 Å². The Morgan fingerprint density at radius 3 is 2.80 bits per heavy atom. The fourth-order valence-corrected chi connectivity index (χ4v) is 4.87. The molecule has 1 aliphatic heterocycles. The van der Waals surface area contributed by atoms with Crippen molar-refractivity contribution in [2.75, 3.05) is 32.8 Å². The predicted octanol–water partition coefficient (Wildman–Crippen LogP) is 2.65. The number of carbonyl (C=O) groups is 1. The van der Waals surface area contributed by atoms with Crippen LogP contribution in [-0.4, -0.2) is 59.0 Å². The monoisotopic (exact) mass is 416 g/mol. The van der Waals surface area contributed by atoms with Crippen molar-refractivity contribution < 1.29 is 18.3 Å². The fraction of sp³-hybridized carbons (Fsp3) is 0.545.